The van der Waals surface area contributed by atoms with Gasteiger partial charge in [-0.2, -0.15) is 0 Å². The van der Waals surface area contributed by atoms with E-state index in [1.165, 1.54) is 5.57 Å². The van der Waals surface area contributed by atoms with Gasteiger partial charge in [-0.15, -0.1) is 0 Å². The number of rotatable bonds is 0. The quantitative estimate of drug-likeness (QED) is 0.322. The van der Waals surface area contributed by atoms with Crippen LogP contribution in [0.2, 0.25) is 0 Å². The molecule has 5 atom stereocenters. The van der Waals surface area contributed by atoms with Crippen LogP contribution in [0.3, 0.4) is 0 Å². The molecule has 2 fully saturated rings. The first-order valence-corrected chi connectivity index (χ1v) is 8.82. The highest BCUT2D eigenvalue weighted by Crippen LogP contribution is 2.47. The Bertz CT molecular complexity index is 523. The number of fused-ring (bicyclic) bond motifs is 2. The van der Waals surface area contributed by atoms with Gasteiger partial charge in [-0.3, -0.25) is 0 Å². The fourth-order valence-electron chi connectivity index (χ4n) is 3.92. The van der Waals surface area contributed by atoms with Gasteiger partial charge >= 0.3 is 5.97 Å². The van der Waals surface area contributed by atoms with Crippen molar-refractivity contribution in [2.45, 2.75) is 82.7 Å². The first kappa shape index (κ1) is 16.7. The maximum atomic E-state index is 11.9. The molecular formula is C19H28O4. The third-order valence-electron chi connectivity index (χ3n) is 5.69. The molecule has 2 aliphatic heterocycles. The lowest BCUT2D eigenvalue weighted by molar-refractivity contribution is -0.144. The average Bonchev–Trinajstić information content (AvgIpc) is 3.05. The van der Waals surface area contributed by atoms with Crippen LogP contribution in [-0.4, -0.2) is 35.0 Å². The highest BCUT2D eigenvalue weighted by atomic mass is 16.6. The van der Waals surface area contributed by atoms with E-state index < -0.39 is 12.2 Å². The maximum absolute atomic E-state index is 11.9. The van der Waals surface area contributed by atoms with E-state index in [2.05, 4.69) is 26.5 Å². The van der Waals surface area contributed by atoms with Gasteiger partial charge in [0.25, 0.3) is 0 Å². The van der Waals surface area contributed by atoms with Crippen LogP contribution in [0.5, 0.6) is 0 Å². The molecule has 2 saturated heterocycles. The van der Waals surface area contributed by atoms with Crippen LogP contribution in [-0.2, 0) is 14.3 Å². The Kier molecular flexibility index (Phi) is 4.65. The van der Waals surface area contributed by atoms with Gasteiger partial charge in [0.1, 0.15) is 6.10 Å². The maximum Gasteiger partial charge on any atom is 0.334 e. The van der Waals surface area contributed by atoms with E-state index in [1.54, 1.807) is 0 Å². The molecule has 4 heteroatoms. The topological polar surface area (TPSA) is 59.1 Å². The molecule has 0 spiro atoms. The summed E-state index contributed by atoms with van der Waals surface area (Å²) in [4.78, 5) is 11.9. The number of allylic oxidation sites excluding steroid dienone is 2. The molecule has 0 aromatic rings. The summed E-state index contributed by atoms with van der Waals surface area (Å²) in [6, 6.07) is 0. The smallest absolute Gasteiger partial charge is 0.334 e. The molecule has 0 saturated carbocycles. The summed E-state index contributed by atoms with van der Waals surface area (Å²) >= 11 is 0. The monoisotopic (exact) mass is 320 g/mol. The average molecular weight is 320 g/mol. The molecule has 1 N–H and O–H groups in total. The summed E-state index contributed by atoms with van der Waals surface area (Å²) < 4.78 is 11.3. The summed E-state index contributed by atoms with van der Waals surface area (Å²) in [6.07, 6.45) is 7.85. The van der Waals surface area contributed by atoms with Crippen molar-refractivity contribution in [1.82, 2.24) is 0 Å². The van der Waals surface area contributed by atoms with Crippen molar-refractivity contribution in [3.8, 4) is 0 Å². The lowest BCUT2D eigenvalue weighted by atomic mass is 9.84. The van der Waals surface area contributed by atoms with Crippen LogP contribution in [0, 0.1) is 5.92 Å². The molecule has 0 aromatic heterocycles. The third-order valence-corrected chi connectivity index (χ3v) is 5.69. The van der Waals surface area contributed by atoms with E-state index in [4.69, 9.17) is 9.47 Å². The summed E-state index contributed by atoms with van der Waals surface area (Å²) in [6.45, 7) is 8.20. The van der Waals surface area contributed by atoms with Crippen LogP contribution >= 0.6 is 0 Å². The van der Waals surface area contributed by atoms with E-state index in [1.807, 2.05) is 0 Å². The number of aliphatic hydroxyl groups is 1. The van der Waals surface area contributed by atoms with E-state index in [9.17, 15) is 9.90 Å². The second-order valence-electron chi connectivity index (χ2n) is 7.56. The van der Waals surface area contributed by atoms with Crippen molar-refractivity contribution in [2.75, 3.05) is 0 Å². The Labute approximate surface area is 138 Å². The van der Waals surface area contributed by atoms with Crippen LogP contribution in [0.15, 0.2) is 23.8 Å². The van der Waals surface area contributed by atoms with E-state index in [0.717, 1.165) is 32.1 Å². The predicted octanol–water partition coefficient (Wildman–Crippen LogP) is 3.29. The van der Waals surface area contributed by atoms with Gasteiger partial charge < -0.3 is 14.6 Å². The van der Waals surface area contributed by atoms with Gasteiger partial charge in [-0.1, -0.05) is 24.6 Å². The van der Waals surface area contributed by atoms with Gasteiger partial charge in [-0.05, 0) is 52.4 Å². The Hall–Kier alpha value is -1.13. The van der Waals surface area contributed by atoms with E-state index in [0.29, 0.717) is 18.4 Å². The molecule has 1 aliphatic carbocycles. The van der Waals surface area contributed by atoms with E-state index >= 15 is 0 Å². The molecule has 0 radical (unpaired) electrons. The van der Waals surface area contributed by atoms with Crippen LogP contribution in [0.4, 0.5) is 0 Å². The largest absolute Gasteiger partial charge is 0.456 e. The number of ether oxygens (including phenoxy) is 2. The van der Waals surface area contributed by atoms with E-state index in [-0.39, 0.29) is 23.6 Å². The standard InChI is InChI=1S/C19H28O4/c1-12-7-4-5-9-15(20)17-14(13(2)18(21)22-17)11-16-19(3,23-16)10-6-8-12/h8,14-17,20H,2,4-7,9-11H2,1,3H3/b12-8+/t14-,15+,16+,17+,19+/m0/s1. The van der Waals surface area contributed by atoms with Gasteiger partial charge in [0.05, 0.1) is 17.8 Å². The minimum atomic E-state index is -0.611. The predicted molar refractivity (Wildman–Crippen MR) is 87.9 cm³/mol. The zero-order valence-corrected chi connectivity index (χ0v) is 14.2. The van der Waals surface area contributed by atoms with Crippen molar-refractivity contribution in [3.05, 3.63) is 23.8 Å². The molecular weight excluding hydrogens is 292 g/mol. The number of hydrogen-bond acceptors (Lipinski definition) is 4. The third kappa shape index (κ3) is 3.53. The molecule has 2 heterocycles. The molecule has 128 valence electrons. The highest BCUT2D eigenvalue weighted by Gasteiger charge is 2.55. The van der Waals surface area contributed by atoms with Crippen molar-refractivity contribution in [3.63, 3.8) is 0 Å². The Morgan fingerprint density at radius 1 is 1.39 bits per heavy atom. The molecule has 3 rings (SSSR count). The van der Waals surface area contributed by atoms with Crippen LogP contribution in [0.25, 0.3) is 0 Å². The number of esters is 1. The lowest BCUT2D eigenvalue weighted by Gasteiger charge is -2.23. The number of carbonyl (C=O) groups excluding carboxylic acids is 1. The van der Waals surface area contributed by atoms with Gasteiger partial charge in [0.2, 0.25) is 0 Å². The number of carbonyl (C=O) groups is 1. The second-order valence-corrected chi connectivity index (χ2v) is 7.56. The van der Waals surface area contributed by atoms with Gasteiger partial charge in [0.15, 0.2) is 0 Å². The zero-order valence-electron chi connectivity index (χ0n) is 14.2. The SMILES string of the molecule is C=C1C(=O)O[C@H]2[C@H](O)CCCC/C(C)=C/CC[C@@]3(C)O[C@@H]3C[C@@H]12. The van der Waals surface area contributed by atoms with Gasteiger partial charge in [-0.25, -0.2) is 4.79 Å². The number of hydrogen-bond donors (Lipinski definition) is 1. The molecule has 0 bridgehead atoms. The minimum Gasteiger partial charge on any atom is -0.456 e. The summed E-state index contributed by atoms with van der Waals surface area (Å²) in [5, 5.41) is 10.5. The summed E-state index contributed by atoms with van der Waals surface area (Å²) in [7, 11) is 0. The van der Waals surface area contributed by atoms with Gasteiger partial charge in [0, 0.05) is 11.5 Å². The normalized spacial score (nSPS) is 44.4. The second kappa shape index (κ2) is 6.40. The lowest BCUT2D eigenvalue weighted by Crippen LogP contribution is -2.33. The molecule has 4 nitrogen and oxygen atoms in total. The molecule has 0 aromatic carbocycles. The zero-order chi connectivity index (χ0) is 16.6. The van der Waals surface area contributed by atoms with Crippen LogP contribution < -0.4 is 0 Å². The first-order chi connectivity index (χ1) is 10.9. The Balaban J connectivity index is 1.75. The fraction of sp³-hybridized carbons (Fsp3) is 0.737. The highest BCUT2D eigenvalue weighted by molar-refractivity contribution is 5.90. The van der Waals surface area contributed by atoms with Crippen molar-refractivity contribution < 1.29 is 19.4 Å². The fourth-order valence-corrected chi connectivity index (χ4v) is 3.92. The number of epoxide rings is 1. The minimum absolute atomic E-state index is 0.109. The number of aliphatic hydroxyl groups excluding tert-OH is 1. The molecule has 0 unspecified atom stereocenters. The molecule has 23 heavy (non-hydrogen) atoms. The first-order valence-electron chi connectivity index (χ1n) is 8.82. The Morgan fingerprint density at radius 2 is 2.17 bits per heavy atom. The molecule has 3 aliphatic rings. The van der Waals surface area contributed by atoms with Crippen molar-refractivity contribution >= 4 is 5.97 Å². The molecule has 0 amide bonds. The summed E-state index contributed by atoms with van der Waals surface area (Å²) in [5.41, 5.74) is 1.80. The van der Waals surface area contributed by atoms with Crippen molar-refractivity contribution in [1.29, 1.82) is 0 Å². The van der Waals surface area contributed by atoms with Crippen LogP contribution in [0.1, 0.15) is 58.8 Å². The Morgan fingerprint density at radius 3 is 2.96 bits per heavy atom. The van der Waals surface area contributed by atoms with Crippen molar-refractivity contribution in [2.24, 2.45) is 5.92 Å². The summed E-state index contributed by atoms with van der Waals surface area (Å²) in [5.74, 6) is -0.479.